The van der Waals surface area contributed by atoms with E-state index in [9.17, 15) is 22.8 Å². The van der Waals surface area contributed by atoms with E-state index in [1.165, 1.54) is 6.92 Å². The molecule has 1 unspecified atom stereocenters. The van der Waals surface area contributed by atoms with Gasteiger partial charge in [-0.05, 0) is 11.8 Å². The summed E-state index contributed by atoms with van der Waals surface area (Å²) < 4.78 is 35.1. The SMILES string of the molecule is CC(CNC(=O)NCCSC(F)(F)F)C(=O)O. The first-order valence-corrected chi connectivity index (χ1v) is 5.66. The van der Waals surface area contributed by atoms with Crippen molar-refractivity contribution in [1.82, 2.24) is 10.6 Å². The molecule has 0 aliphatic carbocycles. The maximum Gasteiger partial charge on any atom is 0.441 e. The molecule has 1 atom stereocenters. The molecule has 9 heteroatoms. The number of halogens is 3. The van der Waals surface area contributed by atoms with Crippen molar-refractivity contribution >= 4 is 23.8 Å². The molecule has 0 saturated heterocycles. The molecular weight excluding hydrogens is 261 g/mol. The van der Waals surface area contributed by atoms with Crippen molar-refractivity contribution in [3.8, 4) is 0 Å². The first-order valence-electron chi connectivity index (χ1n) is 4.67. The molecule has 2 amide bonds. The molecule has 0 aromatic rings. The van der Waals surface area contributed by atoms with Crippen LogP contribution in [0, 0.1) is 5.92 Å². The highest BCUT2D eigenvalue weighted by atomic mass is 32.2. The zero-order chi connectivity index (χ0) is 13.5. The lowest BCUT2D eigenvalue weighted by atomic mass is 10.2. The highest BCUT2D eigenvalue weighted by Gasteiger charge is 2.27. The molecule has 0 spiro atoms. The van der Waals surface area contributed by atoms with E-state index >= 15 is 0 Å². The average Bonchev–Trinajstić information content (AvgIpc) is 2.19. The number of rotatable bonds is 6. The van der Waals surface area contributed by atoms with Crippen molar-refractivity contribution in [2.24, 2.45) is 5.92 Å². The summed E-state index contributed by atoms with van der Waals surface area (Å²) in [6.45, 7) is 1.19. The molecule has 0 aromatic heterocycles. The van der Waals surface area contributed by atoms with Crippen LogP contribution in [0.25, 0.3) is 0 Å². The molecular formula is C8H13F3N2O3S. The minimum absolute atomic E-state index is 0.0758. The molecule has 0 saturated carbocycles. The van der Waals surface area contributed by atoms with Crippen LogP contribution in [0.4, 0.5) is 18.0 Å². The van der Waals surface area contributed by atoms with Gasteiger partial charge in [-0.25, -0.2) is 4.79 Å². The quantitative estimate of drug-likeness (QED) is 0.637. The first-order chi connectivity index (χ1) is 7.72. The standard InChI is InChI=1S/C8H13F3N2O3S/c1-5(6(14)15)4-13-7(16)12-2-3-17-8(9,10)11/h5H,2-4H2,1H3,(H,14,15)(H2,12,13,16). The second-order valence-corrected chi connectivity index (χ2v) is 4.33. The Morgan fingerprint density at radius 3 is 2.41 bits per heavy atom. The normalized spacial score (nSPS) is 12.9. The topological polar surface area (TPSA) is 78.4 Å². The molecule has 0 rings (SSSR count). The molecule has 0 fully saturated rings. The summed E-state index contributed by atoms with van der Waals surface area (Å²) in [5.41, 5.74) is -4.31. The number of hydrogen-bond acceptors (Lipinski definition) is 3. The van der Waals surface area contributed by atoms with Gasteiger partial charge in [-0.3, -0.25) is 4.79 Å². The summed E-state index contributed by atoms with van der Waals surface area (Å²) in [6, 6.07) is -0.680. The summed E-state index contributed by atoms with van der Waals surface area (Å²) in [6.07, 6.45) is 0. The van der Waals surface area contributed by atoms with Crippen LogP contribution in [-0.2, 0) is 4.79 Å². The first kappa shape index (κ1) is 15.9. The smallest absolute Gasteiger partial charge is 0.441 e. The Morgan fingerprint density at radius 2 is 1.94 bits per heavy atom. The zero-order valence-electron chi connectivity index (χ0n) is 9.00. The Labute approximate surface area is 100 Å². The van der Waals surface area contributed by atoms with Gasteiger partial charge in [0.25, 0.3) is 0 Å². The summed E-state index contributed by atoms with van der Waals surface area (Å²) >= 11 is -0.232. The van der Waals surface area contributed by atoms with Gasteiger partial charge in [-0.1, -0.05) is 6.92 Å². The van der Waals surface area contributed by atoms with E-state index in [1.54, 1.807) is 0 Å². The van der Waals surface area contributed by atoms with Crippen LogP contribution >= 0.6 is 11.8 Å². The molecule has 0 bridgehead atoms. The fourth-order valence-electron chi connectivity index (χ4n) is 0.727. The molecule has 5 nitrogen and oxygen atoms in total. The van der Waals surface area contributed by atoms with Crippen LogP contribution in [0.5, 0.6) is 0 Å². The number of carboxylic acids is 1. The van der Waals surface area contributed by atoms with Crippen LogP contribution < -0.4 is 10.6 Å². The minimum atomic E-state index is -4.31. The number of carbonyl (C=O) groups is 2. The summed E-state index contributed by atoms with van der Waals surface area (Å²) in [4.78, 5) is 21.4. The third-order valence-electron chi connectivity index (χ3n) is 1.64. The Kier molecular flexibility index (Phi) is 6.78. The van der Waals surface area contributed by atoms with Crippen LogP contribution in [-0.4, -0.2) is 41.5 Å². The number of carbonyl (C=O) groups excluding carboxylic acids is 1. The lowest BCUT2D eigenvalue weighted by Crippen LogP contribution is -2.40. The van der Waals surface area contributed by atoms with Gasteiger partial charge < -0.3 is 15.7 Å². The van der Waals surface area contributed by atoms with Crippen LogP contribution in [0.2, 0.25) is 0 Å². The summed E-state index contributed by atoms with van der Waals surface area (Å²) in [7, 11) is 0. The molecule has 17 heavy (non-hydrogen) atoms. The van der Waals surface area contributed by atoms with E-state index in [0.717, 1.165) is 0 Å². The van der Waals surface area contributed by atoms with Gasteiger partial charge in [-0.15, -0.1) is 0 Å². The molecule has 0 aromatic carbocycles. The Hall–Kier alpha value is -1.12. The maximum absolute atomic E-state index is 11.7. The number of aliphatic carboxylic acids is 1. The minimum Gasteiger partial charge on any atom is -0.481 e. The molecule has 0 aliphatic heterocycles. The number of thioether (sulfide) groups is 1. The number of alkyl halides is 3. The number of amides is 2. The number of carboxylic acid groups (broad SMARTS) is 1. The van der Waals surface area contributed by atoms with Gasteiger partial charge in [0.2, 0.25) is 0 Å². The van der Waals surface area contributed by atoms with Crippen molar-refractivity contribution in [2.75, 3.05) is 18.8 Å². The average molecular weight is 274 g/mol. The van der Waals surface area contributed by atoms with Crippen molar-refractivity contribution < 1.29 is 27.9 Å². The Morgan fingerprint density at radius 1 is 1.35 bits per heavy atom. The van der Waals surface area contributed by atoms with Gasteiger partial charge >= 0.3 is 17.5 Å². The molecule has 0 heterocycles. The fourth-order valence-corrected chi connectivity index (χ4v) is 1.16. The van der Waals surface area contributed by atoms with Crippen molar-refractivity contribution in [1.29, 1.82) is 0 Å². The van der Waals surface area contributed by atoms with Gasteiger partial charge in [0.1, 0.15) is 0 Å². The van der Waals surface area contributed by atoms with E-state index < -0.39 is 23.4 Å². The molecule has 100 valence electrons. The van der Waals surface area contributed by atoms with E-state index in [4.69, 9.17) is 5.11 Å². The summed E-state index contributed by atoms with van der Waals surface area (Å²) in [5, 5.41) is 12.9. The van der Waals surface area contributed by atoms with Gasteiger partial charge in [0, 0.05) is 18.8 Å². The Bertz CT molecular complexity index is 273. The second-order valence-electron chi connectivity index (χ2n) is 3.17. The number of nitrogens with one attached hydrogen (secondary N) is 2. The molecule has 3 N–H and O–H groups in total. The predicted molar refractivity (Wildman–Crippen MR) is 56.7 cm³/mol. The van der Waals surface area contributed by atoms with Crippen molar-refractivity contribution in [2.45, 2.75) is 12.4 Å². The molecule has 0 aliphatic rings. The second kappa shape index (κ2) is 7.25. The van der Waals surface area contributed by atoms with Crippen molar-refractivity contribution in [3.05, 3.63) is 0 Å². The van der Waals surface area contributed by atoms with E-state index in [-0.39, 0.29) is 30.6 Å². The number of hydrogen-bond donors (Lipinski definition) is 3. The lowest BCUT2D eigenvalue weighted by Gasteiger charge is -2.10. The predicted octanol–water partition coefficient (Wildman–Crippen LogP) is 1.26. The van der Waals surface area contributed by atoms with Crippen LogP contribution in [0.3, 0.4) is 0 Å². The van der Waals surface area contributed by atoms with Gasteiger partial charge in [0.15, 0.2) is 0 Å². The maximum atomic E-state index is 11.7. The van der Waals surface area contributed by atoms with Gasteiger partial charge in [0.05, 0.1) is 5.92 Å². The van der Waals surface area contributed by atoms with Gasteiger partial charge in [-0.2, -0.15) is 13.2 Å². The summed E-state index contributed by atoms with van der Waals surface area (Å²) in [5.74, 6) is -2.09. The monoisotopic (exact) mass is 274 g/mol. The third kappa shape index (κ3) is 9.79. The largest absolute Gasteiger partial charge is 0.481 e. The van der Waals surface area contributed by atoms with Crippen LogP contribution in [0.1, 0.15) is 6.92 Å². The fraction of sp³-hybridized carbons (Fsp3) is 0.750. The van der Waals surface area contributed by atoms with Crippen molar-refractivity contribution in [3.63, 3.8) is 0 Å². The highest BCUT2D eigenvalue weighted by Crippen LogP contribution is 2.29. The van der Waals surface area contributed by atoms with E-state index in [1.807, 2.05) is 0 Å². The van der Waals surface area contributed by atoms with E-state index in [2.05, 4.69) is 10.6 Å². The molecule has 0 radical (unpaired) electrons. The zero-order valence-corrected chi connectivity index (χ0v) is 9.82. The highest BCUT2D eigenvalue weighted by molar-refractivity contribution is 8.00. The Balaban J connectivity index is 3.57. The lowest BCUT2D eigenvalue weighted by molar-refractivity contribution is -0.140. The van der Waals surface area contributed by atoms with E-state index in [0.29, 0.717) is 0 Å². The third-order valence-corrected chi connectivity index (χ3v) is 2.38. The van der Waals surface area contributed by atoms with Crippen LogP contribution in [0.15, 0.2) is 0 Å². The number of urea groups is 1.